The Morgan fingerprint density at radius 3 is 2.15 bits per heavy atom. The molecular formula is C32H36N4O5. The van der Waals surface area contributed by atoms with Gasteiger partial charge in [0.1, 0.15) is 6.04 Å². The van der Waals surface area contributed by atoms with Gasteiger partial charge < -0.3 is 19.7 Å². The first-order chi connectivity index (χ1) is 19.5. The largest absolute Gasteiger partial charge is 0.465 e. The van der Waals surface area contributed by atoms with Crippen LogP contribution in [0, 0.1) is 6.92 Å². The van der Waals surface area contributed by atoms with E-state index in [0.717, 1.165) is 11.1 Å². The van der Waals surface area contributed by atoms with Gasteiger partial charge in [-0.2, -0.15) is 4.98 Å². The summed E-state index contributed by atoms with van der Waals surface area (Å²) >= 11 is 0. The highest BCUT2D eigenvalue weighted by molar-refractivity contribution is 5.95. The van der Waals surface area contributed by atoms with Crippen molar-refractivity contribution in [2.45, 2.75) is 59.2 Å². The van der Waals surface area contributed by atoms with Crippen LogP contribution in [0.5, 0.6) is 0 Å². The van der Waals surface area contributed by atoms with Crippen molar-refractivity contribution in [3.05, 3.63) is 99.9 Å². The number of nitrogens with one attached hydrogen (secondary N) is 1. The van der Waals surface area contributed by atoms with Gasteiger partial charge in [0.05, 0.1) is 16.6 Å². The fourth-order valence-corrected chi connectivity index (χ4v) is 4.93. The summed E-state index contributed by atoms with van der Waals surface area (Å²) in [7, 11) is 0. The summed E-state index contributed by atoms with van der Waals surface area (Å²) in [6.07, 6.45) is -0.778. The molecule has 4 rings (SSSR count). The van der Waals surface area contributed by atoms with Crippen LogP contribution in [-0.2, 0) is 17.8 Å². The van der Waals surface area contributed by atoms with Gasteiger partial charge in [-0.25, -0.2) is 9.59 Å². The van der Waals surface area contributed by atoms with Crippen molar-refractivity contribution in [2.24, 2.45) is 0 Å². The molecule has 0 aliphatic rings. The molecule has 0 unspecified atom stereocenters. The van der Waals surface area contributed by atoms with Gasteiger partial charge in [0.25, 0.3) is 6.01 Å². The number of carboxylic acid groups (broad SMARTS) is 1. The van der Waals surface area contributed by atoms with Gasteiger partial charge in [-0.05, 0) is 63.4 Å². The lowest BCUT2D eigenvalue weighted by Crippen LogP contribution is -2.45. The van der Waals surface area contributed by atoms with E-state index >= 15 is 0 Å². The minimum atomic E-state index is -1.13. The van der Waals surface area contributed by atoms with Crippen LogP contribution < -0.4 is 15.8 Å². The number of benzene rings is 3. The minimum absolute atomic E-state index is 0.0781. The van der Waals surface area contributed by atoms with E-state index in [1.807, 2.05) is 67.6 Å². The molecule has 41 heavy (non-hydrogen) atoms. The Bertz CT molecular complexity index is 1580. The molecule has 2 amide bonds. The molecule has 9 nitrogen and oxygen atoms in total. The number of anilines is 2. The first-order valence-electron chi connectivity index (χ1n) is 13.6. The Morgan fingerprint density at radius 1 is 0.976 bits per heavy atom. The summed E-state index contributed by atoms with van der Waals surface area (Å²) in [4.78, 5) is 46.6. The van der Waals surface area contributed by atoms with Gasteiger partial charge in [-0.1, -0.05) is 60.7 Å². The predicted octanol–water partition coefficient (Wildman–Crippen LogP) is 5.85. The maximum Gasteiger partial charge on any atom is 0.412 e. The van der Waals surface area contributed by atoms with E-state index in [0.29, 0.717) is 36.3 Å². The lowest BCUT2D eigenvalue weighted by molar-refractivity contribution is -0.132. The maximum atomic E-state index is 13.8. The molecule has 2 N–H and O–H groups in total. The Kier molecular flexibility index (Phi) is 8.76. The number of hydrogen-bond acceptors (Lipinski definition) is 6. The van der Waals surface area contributed by atoms with Crippen LogP contribution in [-0.4, -0.2) is 45.1 Å². The van der Waals surface area contributed by atoms with E-state index in [-0.39, 0.29) is 17.3 Å². The topological polar surface area (TPSA) is 116 Å². The van der Waals surface area contributed by atoms with Gasteiger partial charge in [0.15, 0.2) is 0 Å². The number of likely N-dealkylation sites (N-methyl/N-ethyl adjacent to an activating group) is 1. The van der Waals surface area contributed by atoms with Gasteiger partial charge in [0, 0.05) is 25.0 Å². The Hall–Kier alpha value is -4.66. The second-order valence-electron chi connectivity index (χ2n) is 10.9. The number of carbonyl (C=O) groups excluding carboxylic acids is 1. The summed E-state index contributed by atoms with van der Waals surface area (Å²) in [6.45, 7) is 9.86. The van der Waals surface area contributed by atoms with Crippen molar-refractivity contribution in [1.82, 2.24) is 9.88 Å². The summed E-state index contributed by atoms with van der Waals surface area (Å²) < 4.78 is 5.59. The molecule has 0 aliphatic heterocycles. The zero-order chi connectivity index (χ0) is 29.7. The number of aryl methyl sites for hydroxylation is 1. The van der Waals surface area contributed by atoms with Crippen molar-refractivity contribution in [3.63, 3.8) is 0 Å². The fraction of sp³-hybridized carbons (Fsp3) is 0.312. The molecule has 4 aromatic rings. The molecule has 0 bridgehead atoms. The monoisotopic (exact) mass is 556 g/mol. The number of rotatable bonds is 9. The third-order valence-corrected chi connectivity index (χ3v) is 6.92. The smallest absolute Gasteiger partial charge is 0.412 e. The molecule has 0 saturated heterocycles. The molecule has 0 spiro atoms. The van der Waals surface area contributed by atoms with E-state index in [4.69, 9.17) is 4.42 Å². The van der Waals surface area contributed by atoms with Gasteiger partial charge in [-0.15, -0.1) is 0 Å². The van der Waals surface area contributed by atoms with Crippen molar-refractivity contribution in [2.75, 3.05) is 16.8 Å². The lowest BCUT2D eigenvalue weighted by atomic mass is 10.0. The van der Waals surface area contributed by atoms with Gasteiger partial charge >= 0.3 is 11.7 Å². The van der Waals surface area contributed by atoms with Crippen molar-refractivity contribution in [1.29, 1.82) is 0 Å². The van der Waals surface area contributed by atoms with E-state index in [2.05, 4.69) is 10.3 Å². The van der Waals surface area contributed by atoms with Crippen LogP contribution in [0.2, 0.25) is 0 Å². The quantitative estimate of drug-likeness (QED) is 0.266. The Morgan fingerprint density at radius 2 is 1.59 bits per heavy atom. The predicted molar refractivity (Wildman–Crippen MR) is 160 cm³/mol. The molecule has 0 aliphatic carbocycles. The molecule has 214 valence electrons. The summed E-state index contributed by atoms with van der Waals surface area (Å²) in [5.74, 6) is -0.154. The average molecular weight is 557 g/mol. The van der Waals surface area contributed by atoms with Gasteiger partial charge in [-0.3, -0.25) is 9.69 Å². The highest BCUT2D eigenvalue weighted by Crippen LogP contribution is 2.31. The molecule has 1 aromatic heterocycles. The van der Waals surface area contributed by atoms with Crippen LogP contribution in [0.25, 0.3) is 10.9 Å². The van der Waals surface area contributed by atoms with Crippen LogP contribution in [0.4, 0.5) is 16.5 Å². The van der Waals surface area contributed by atoms with Crippen molar-refractivity contribution >= 4 is 34.6 Å². The van der Waals surface area contributed by atoms with Crippen molar-refractivity contribution < 1.29 is 19.1 Å². The van der Waals surface area contributed by atoms with E-state index in [9.17, 15) is 19.5 Å². The van der Waals surface area contributed by atoms with Crippen LogP contribution in [0.1, 0.15) is 44.4 Å². The van der Waals surface area contributed by atoms with E-state index < -0.39 is 23.3 Å². The van der Waals surface area contributed by atoms with E-state index in [1.54, 1.807) is 44.7 Å². The molecular weight excluding hydrogens is 520 g/mol. The molecule has 3 aromatic carbocycles. The lowest BCUT2D eigenvalue weighted by Gasteiger charge is -2.34. The Balaban J connectivity index is 1.70. The second kappa shape index (κ2) is 12.2. The summed E-state index contributed by atoms with van der Waals surface area (Å²) in [5, 5.41) is 13.1. The molecule has 0 saturated carbocycles. The number of fused-ring (bicyclic) bond motifs is 1. The zero-order valence-electron chi connectivity index (χ0n) is 24.0. The normalized spacial score (nSPS) is 12.1. The molecule has 1 heterocycles. The fourth-order valence-electron chi connectivity index (χ4n) is 4.93. The number of hydrogen-bond donors (Lipinski definition) is 2. The number of carbonyl (C=O) groups is 2. The number of aromatic nitrogens is 1. The van der Waals surface area contributed by atoms with Crippen molar-refractivity contribution in [3.8, 4) is 0 Å². The van der Waals surface area contributed by atoms with Crippen LogP contribution in [0.3, 0.4) is 0 Å². The number of amides is 2. The maximum absolute atomic E-state index is 13.8. The van der Waals surface area contributed by atoms with Gasteiger partial charge in [0.2, 0.25) is 5.91 Å². The van der Waals surface area contributed by atoms with Crippen LogP contribution >= 0.6 is 0 Å². The summed E-state index contributed by atoms with van der Waals surface area (Å²) in [6, 6.07) is 21.8. The molecule has 0 fully saturated rings. The van der Waals surface area contributed by atoms with Crippen LogP contribution in [0.15, 0.2) is 82.0 Å². The third kappa shape index (κ3) is 6.74. The Labute approximate surface area is 239 Å². The number of nitrogens with zero attached hydrogens (tertiary/aromatic N) is 3. The molecule has 9 heteroatoms. The SMILES string of the molecule is CCN(Cc1ccccc1)C(=O)[C@H](Cc1ccccc1)Nc1nc2ccc(N(C(=O)O)C(C)(C)C)c(C)c2c(=O)o1. The first kappa shape index (κ1) is 29.3. The highest BCUT2D eigenvalue weighted by atomic mass is 16.4. The second-order valence-corrected chi connectivity index (χ2v) is 10.9. The third-order valence-electron chi connectivity index (χ3n) is 6.92. The zero-order valence-corrected chi connectivity index (χ0v) is 24.0. The van der Waals surface area contributed by atoms with E-state index in [1.165, 1.54) is 4.90 Å². The summed E-state index contributed by atoms with van der Waals surface area (Å²) in [5.41, 5.74) is 1.70. The molecule has 1 atom stereocenters. The standard InChI is InChI=1S/C32H36N4O5/c1-6-35(20-23-15-11-8-12-16-23)28(37)25(19-22-13-9-7-10-14-22)34-30-33-24-17-18-26(21(2)27(24)29(38)41-30)36(31(39)40)32(3,4)5/h7-18,25H,6,19-20H2,1-5H3,(H,33,34)(H,39,40)/t25-/m0/s1. The highest BCUT2D eigenvalue weighted by Gasteiger charge is 2.31. The first-order valence-corrected chi connectivity index (χ1v) is 13.6. The minimum Gasteiger partial charge on any atom is -0.465 e. The average Bonchev–Trinajstić information content (AvgIpc) is 2.92. The molecule has 0 radical (unpaired) electrons.